The van der Waals surface area contributed by atoms with Crippen LogP contribution in [-0.4, -0.2) is 29.4 Å². The van der Waals surface area contributed by atoms with Gasteiger partial charge in [0.15, 0.2) is 0 Å². The van der Waals surface area contributed by atoms with E-state index in [9.17, 15) is 4.79 Å². The number of hydrogen-bond donors (Lipinski definition) is 1. The highest BCUT2D eigenvalue weighted by Crippen LogP contribution is 2.34. The van der Waals surface area contributed by atoms with Crippen LogP contribution in [0.2, 0.25) is 10.0 Å². The molecule has 0 unspecified atom stereocenters. The number of aliphatic hydroxyl groups is 1. The number of halogens is 2. The molecule has 4 nitrogen and oxygen atoms in total. The number of rotatable bonds is 5. The molecule has 0 spiro atoms. The third kappa shape index (κ3) is 2.92. The number of carbonyl (C=O) groups is 1. The van der Waals surface area contributed by atoms with Crippen LogP contribution in [0.1, 0.15) is 12.0 Å². The van der Waals surface area contributed by atoms with Crippen LogP contribution in [0.5, 0.6) is 0 Å². The van der Waals surface area contributed by atoms with Gasteiger partial charge in [-0.25, -0.2) is 0 Å². The van der Waals surface area contributed by atoms with Gasteiger partial charge in [-0.05, 0) is 18.1 Å². The summed E-state index contributed by atoms with van der Waals surface area (Å²) in [6.45, 7) is 0.693. The van der Waals surface area contributed by atoms with Gasteiger partial charge in [0.05, 0.1) is 29.1 Å². The Kier molecular flexibility index (Phi) is 4.91. The van der Waals surface area contributed by atoms with Gasteiger partial charge in [-0.3, -0.25) is 4.79 Å². The molecular weight excluding hydrogens is 301 g/mol. The van der Waals surface area contributed by atoms with E-state index in [1.165, 1.54) is 7.11 Å². The molecule has 0 fully saturated rings. The molecule has 1 aromatic heterocycles. The minimum Gasteiger partial charge on any atom is -0.469 e. The molecule has 0 bridgehead atoms. The lowest BCUT2D eigenvalue weighted by Crippen LogP contribution is -2.04. The van der Waals surface area contributed by atoms with E-state index in [1.807, 2.05) is 16.8 Å². The molecule has 0 amide bonds. The first-order chi connectivity index (χ1) is 9.58. The average molecular weight is 316 g/mol. The molecule has 0 aliphatic heterocycles. The highest BCUT2D eigenvalue weighted by Gasteiger charge is 2.16. The normalized spacial score (nSPS) is 11.0. The number of methoxy groups -OCH3 is 1. The number of fused-ring (bicyclic) bond motifs is 1. The van der Waals surface area contributed by atoms with Crippen LogP contribution >= 0.6 is 23.2 Å². The molecule has 108 valence electrons. The number of benzene rings is 1. The molecule has 6 heteroatoms. The second kappa shape index (κ2) is 6.48. The van der Waals surface area contributed by atoms with E-state index in [0.29, 0.717) is 23.0 Å². The maximum absolute atomic E-state index is 11.5. The van der Waals surface area contributed by atoms with E-state index in [2.05, 4.69) is 0 Å². The second-order valence-corrected chi connectivity index (χ2v) is 5.22. The molecular formula is C14H15Cl2NO3. The van der Waals surface area contributed by atoms with E-state index in [4.69, 9.17) is 33.0 Å². The molecule has 1 N–H and O–H groups in total. The summed E-state index contributed by atoms with van der Waals surface area (Å²) in [5.74, 6) is -0.308. The molecule has 2 aromatic rings. The van der Waals surface area contributed by atoms with Gasteiger partial charge < -0.3 is 14.4 Å². The van der Waals surface area contributed by atoms with Gasteiger partial charge >= 0.3 is 5.97 Å². The van der Waals surface area contributed by atoms with Gasteiger partial charge in [-0.1, -0.05) is 29.3 Å². The van der Waals surface area contributed by atoms with Crippen LogP contribution in [0.4, 0.5) is 0 Å². The summed E-state index contributed by atoms with van der Waals surface area (Å²) in [7, 11) is 1.36. The fourth-order valence-electron chi connectivity index (χ4n) is 2.19. The van der Waals surface area contributed by atoms with Crippen molar-refractivity contribution < 1.29 is 14.6 Å². The van der Waals surface area contributed by atoms with Gasteiger partial charge in [0.25, 0.3) is 0 Å². The lowest BCUT2D eigenvalue weighted by molar-refractivity contribution is -0.139. The Hall–Kier alpha value is -1.23. The summed E-state index contributed by atoms with van der Waals surface area (Å²) < 4.78 is 6.61. The summed E-state index contributed by atoms with van der Waals surface area (Å²) in [4.78, 5) is 11.5. The van der Waals surface area contributed by atoms with Gasteiger partial charge in [0.1, 0.15) is 0 Å². The third-order valence-electron chi connectivity index (χ3n) is 3.13. The fourth-order valence-corrected chi connectivity index (χ4v) is 2.61. The quantitative estimate of drug-likeness (QED) is 0.863. The Morgan fingerprint density at radius 3 is 2.80 bits per heavy atom. The fraction of sp³-hybridized carbons (Fsp3) is 0.357. The zero-order chi connectivity index (χ0) is 14.7. The predicted molar refractivity (Wildman–Crippen MR) is 79.4 cm³/mol. The van der Waals surface area contributed by atoms with Crippen LogP contribution in [0, 0.1) is 0 Å². The van der Waals surface area contributed by atoms with Crippen molar-refractivity contribution in [3.63, 3.8) is 0 Å². The van der Waals surface area contributed by atoms with Gasteiger partial charge in [-0.15, -0.1) is 0 Å². The Labute approximate surface area is 126 Å². The summed E-state index contributed by atoms with van der Waals surface area (Å²) in [6.07, 6.45) is 2.64. The molecule has 0 atom stereocenters. The molecule has 1 heterocycles. The first-order valence-corrected chi connectivity index (χ1v) is 6.97. The predicted octanol–water partition coefficient (Wildman–Crippen LogP) is 3.05. The lowest BCUT2D eigenvalue weighted by Gasteiger charge is -2.06. The van der Waals surface area contributed by atoms with Crippen molar-refractivity contribution >= 4 is 40.1 Å². The minimum atomic E-state index is -0.308. The topological polar surface area (TPSA) is 51.5 Å². The van der Waals surface area contributed by atoms with E-state index < -0.39 is 0 Å². The van der Waals surface area contributed by atoms with Crippen molar-refractivity contribution in [3.05, 3.63) is 33.9 Å². The van der Waals surface area contributed by atoms with E-state index in [0.717, 1.165) is 16.5 Å². The van der Waals surface area contributed by atoms with E-state index in [1.54, 1.807) is 6.07 Å². The van der Waals surface area contributed by atoms with E-state index in [-0.39, 0.29) is 19.0 Å². The SMILES string of the molecule is COC(=O)Cc1cn(CCCO)c2c(Cl)c(Cl)ccc12. The summed E-state index contributed by atoms with van der Waals surface area (Å²) in [6, 6.07) is 3.56. The van der Waals surface area contributed by atoms with Crippen molar-refractivity contribution in [1.29, 1.82) is 0 Å². The Morgan fingerprint density at radius 1 is 1.40 bits per heavy atom. The molecule has 0 aliphatic rings. The minimum absolute atomic E-state index is 0.0875. The number of hydrogen-bond acceptors (Lipinski definition) is 3. The van der Waals surface area contributed by atoms with Crippen molar-refractivity contribution in [2.75, 3.05) is 13.7 Å². The Balaban J connectivity index is 2.54. The standard InChI is InChI=1S/C14H15Cl2NO3/c1-20-12(19)7-9-8-17(5-2-6-18)14-10(9)3-4-11(15)13(14)16/h3-4,8,18H,2,5-7H2,1H3. The maximum atomic E-state index is 11.5. The average Bonchev–Trinajstić information content (AvgIpc) is 2.79. The third-order valence-corrected chi connectivity index (χ3v) is 3.93. The molecule has 0 saturated heterocycles. The highest BCUT2D eigenvalue weighted by atomic mass is 35.5. The molecule has 0 saturated carbocycles. The molecule has 2 rings (SSSR count). The van der Waals surface area contributed by atoms with Crippen LogP contribution in [0.3, 0.4) is 0 Å². The number of ether oxygens (including phenoxy) is 1. The van der Waals surface area contributed by atoms with Crippen LogP contribution in [0.25, 0.3) is 10.9 Å². The lowest BCUT2D eigenvalue weighted by atomic mass is 10.1. The first kappa shape index (κ1) is 15.2. The first-order valence-electron chi connectivity index (χ1n) is 6.22. The summed E-state index contributed by atoms with van der Waals surface area (Å²) >= 11 is 12.3. The maximum Gasteiger partial charge on any atom is 0.310 e. The van der Waals surface area contributed by atoms with Gasteiger partial charge in [0, 0.05) is 24.7 Å². The number of esters is 1. The summed E-state index contributed by atoms with van der Waals surface area (Å²) in [5.41, 5.74) is 1.62. The highest BCUT2D eigenvalue weighted by molar-refractivity contribution is 6.45. The van der Waals surface area contributed by atoms with Gasteiger partial charge in [0.2, 0.25) is 0 Å². The van der Waals surface area contributed by atoms with Crippen molar-refractivity contribution in [2.24, 2.45) is 0 Å². The monoisotopic (exact) mass is 315 g/mol. The van der Waals surface area contributed by atoms with Crippen LogP contribution in [-0.2, 0) is 22.5 Å². The second-order valence-electron chi connectivity index (χ2n) is 4.44. The molecule has 0 radical (unpaired) electrons. The molecule has 1 aromatic carbocycles. The number of carbonyl (C=O) groups excluding carboxylic acids is 1. The smallest absolute Gasteiger partial charge is 0.310 e. The van der Waals surface area contributed by atoms with Crippen molar-refractivity contribution in [2.45, 2.75) is 19.4 Å². The number of aliphatic hydroxyl groups excluding tert-OH is 1. The molecule has 0 aliphatic carbocycles. The zero-order valence-electron chi connectivity index (χ0n) is 11.0. The van der Waals surface area contributed by atoms with Gasteiger partial charge in [-0.2, -0.15) is 0 Å². The number of nitrogens with zero attached hydrogens (tertiary/aromatic N) is 1. The Morgan fingerprint density at radius 2 is 2.15 bits per heavy atom. The largest absolute Gasteiger partial charge is 0.469 e. The van der Waals surface area contributed by atoms with Crippen molar-refractivity contribution in [1.82, 2.24) is 4.57 Å². The summed E-state index contributed by atoms with van der Waals surface area (Å²) in [5, 5.41) is 10.8. The Bertz CT molecular complexity index is 637. The van der Waals surface area contributed by atoms with Crippen molar-refractivity contribution in [3.8, 4) is 0 Å². The molecule has 20 heavy (non-hydrogen) atoms. The van der Waals surface area contributed by atoms with Crippen LogP contribution < -0.4 is 0 Å². The number of aromatic nitrogens is 1. The van der Waals surface area contributed by atoms with E-state index >= 15 is 0 Å². The zero-order valence-corrected chi connectivity index (χ0v) is 12.5. The number of aryl methyl sites for hydroxylation is 1. The van der Waals surface area contributed by atoms with Crippen LogP contribution in [0.15, 0.2) is 18.3 Å².